The zero-order valence-electron chi connectivity index (χ0n) is 11.7. The number of imidazole rings is 1. The summed E-state index contributed by atoms with van der Waals surface area (Å²) < 4.78 is 2.05. The van der Waals surface area contributed by atoms with Crippen molar-refractivity contribution in [1.82, 2.24) is 9.55 Å². The molecule has 1 unspecified atom stereocenters. The average molecular weight is 265 g/mol. The molecule has 0 saturated heterocycles. The number of aryl methyl sites for hydroxylation is 2. The van der Waals surface area contributed by atoms with E-state index in [0.29, 0.717) is 0 Å². The SMILES string of the molecule is Cn1ccnc1CCC(N)c1ccc2ccccc2c1. The summed E-state index contributed by atoms with van der Waals surface area (Å²) in [5.74, 6) is 1.08. The molecule has 0 radical (unpaired) electrons. The summed E-state index contributed by atoms with van der Waals surface area (Å²) in [6, 6.07) is 14.9. The molecule has 0 fully saturated rings. The molecule has 2 aromatic carbocycles. The van der Waals surface area contributed by atoms with Gasteiger partial charge in [0.2, 0.25) is 0 Å². The van der Waals surface area contributed by atoms with Crippen LogP contribution in [0.25, 0.3) is 10.8 Å². The smallest absolute Gasteiger partial charge is 0.108 e. The van der Waals surface area contributed by atoms with Gasteiger partial charge in [-0.2, -0.15) is 0 Å². The maximum atomic E-state index is 6.32. The van der Waals surface area contributed by atoms with Gasteiger partial charge in [-0.1, -0.05) is 36.4 Å². The second-order valence-electron chi connectivity index (χ2n) is 5.21. The first kappa shape index (κ1) is 12.9. The van der Waals surface area contributed by atoms with E-state index in [2.05, 4.69) is 47.4 Å². The summed E-state index contributed by atoms with van der Waals surface area (Å²) >= 11 is 0. The number of benzene rings is 2. The van der Waals surface area contributed by atoms with Crippen LogP contribution in [0.2, 0.25) is 0 Å². The van der Waals surface area contributed by atoms with Crippen molar-refractivity contribution >= 4 is 10.8 Å². The van der Waals surface area contributed by atoms with Gasteiger partial charge in [0.15, 0.2) is 0 Å². The topological polar surface area (TPSA) is 43.8 Å². The van der Waals surface area contributed by atoms with E-state index in [9.17, 15) is 0 Å². The maximum Gasteiger partial charge on any atom is 0.108 e. The monoisotopic (exact) mass is 265 g/mol. The molecule has 3 aromatic rings. The first-order chi connectivity index (χ1) is 9.74. The second-order valence-corrected chi connectivity index (χ2v) is 5.21. The number of nitrogens with two attached hydrogens (primary N) is 1. The molecule has 102 valence electrons. The highest BCUT2D eigenvalue weighted by Crippen LogP contribution is 2.21. The molecule has 3 rings (SSSR count). The van der Waals surface area contributed by atoms with E-state index in [1.165, 1.54) is 16.3 Å². The Balaban J connectivity index is 1.75. The molecule has 1 atom stereocenters. The van der Waals surface area contributed by atoms with Crippen molar-refractivity contribution in [2.75, 3.05) is 0 Å². The van der Waals surface area contributed by atoms with Gasteiger partial charge in [0.05, 0.1) is 0 Å². The molecule has 0 bridgehead atoms. The van der Waals surface area contributed by atoms with E-state index in [-0.39, 0.29) is 6.04 Å². The van der Waals surface area contributed by atoms with Crippen molar-refractivity contribution in [2.45, 2.75) is 18.9 Å². The fourth-order valence-corrected chi connectivity index (χ4v) is 2.53. The van der Waals surface area contributed by atoms with Crippen LogP contribution in [-0.4, -0.2) is 9.55 Å². The van der Waals surface area contributed by atoms with E-state index in [0.717, 1.165) is 18.7 Å². The summed E-state index contributed by atoms with van der Waals surface area (Å²) in [5, 5.41) is 2.50. The first-order valence-electron chi connectivity index (χ1n) is 6.94. The predicted octanol–water partition coefficient (Wildman–Crippen LogP) is 3.21. The summed E-state index contributed by atoms with van der Waals surface area (Å²) in [4.78, 5) is 4.34. The molecule has 3 nitrogen and oxygen atoms in total. The Morgan fingerprint density at radius 3 is 2.70 bits per heavy atom. The van der Waals surface area contributed by atoms with Crippen LogP contribution in [0.1, 0.15) is 23.9 Å². The summed E-state index contributed by atoms with van der Waals surface area (Å²) in [5.41, 5.74) is 7.51. The lowest BCUT2D eigenvalue weighted by Gasteiger charge is -2.13. The standard InChI is InChI=1S/C17H19N3/c1-20-11-10-19-17(20)9-8-16(18)15-7-6-13-4-2-3-5-14(13)12-15/h2-7,10-12,16H,8-9,18H2,1H3. The van der Waals surface area contributed by atoms with Crippen LogP contribution in [0, 0.1) is 0 Å². The van der Waals surface area contributed by atoms with Crippen molar-refractivity contribution in [3.8, 4) is 0 Å². The molecule has 0 aliphatic rings. The van der Waals surface area contributed by atoms with E-state index >= 15 is 0 Å². The molecule has 2 N–H and O–H groups in total. The van der Waals surface area contributed by atoms with Crippen molar-refractivity contribution in [3.05, 3.63) is 66.2 Å². The summed E-state index contributed by atoms with van der Waals surface area (Å²) in [6.07, 6.45) is 5.61. The van der Waals surface area contributed by atoms with Crippen LogP contribution >= 0.6 is 0 Å². The van der Waals surface area contributed by atoms with Crippen molar-refractivity contribution in [3.63, 3.8) is 0 Å². The molecule has 0 aliphatic carbocycles. The first-order valence-corrected chi connectivity index (χ1v) is 6.94. The van der Waals surface area contributed by atoms with Crippen molar-refractivity contribution < 1.29 is 0 Å². The van der Waals surface area contributed by atoms with Gasteiger partial charge in [-0.05, 0) is 28.8 Å². The molecule has 1 heterocycles. The van der Waals surface area contributed by atoms with Gasteiger partial charge in [-0.25, -0.2) is 4.98 Å². The van der Waals surface area contributed by atoms with Gasteiger partial charge in [-0.3, -0.25) is 0 Å². The number of aromatic nitrogens is 2. The largest absolute Gasteiger partial charge is 0.338 e. The zero-order chi connectivity index (χ0) is 13.9. The second kappa shape index (κ2) is 5.47. The zero-order valence-corrected chi connectivity index (χ0v) is 11.7. The molecule has 3 heteroatoms. The lowest BCUT2D eigenvalue weighted by molar-refractivity contribution is 0.621. The fourth-order valence-electron chi connectivity index (χ4n) is 2.53. The van der Waals surface area contributed by atoms with Gasteiger partial charge in [0, 0.05) is 31.9 Å². The molecule has 0 aliphatic heterocycles. The molecule has 0 spiro atoms. The number of hydrogen-bond acceptors (Lipinski definition) is 2. The lowest BCUT2D eigenvalue weighted by atomic mass is 9.99. The Bertz CT molecular complexity index is 715. The Kier molecular flexibility index (Phi) is 3.52. The molecule has 1 aromatic heterocycles. The highest BCUT2D eigenvalue weighted by atomic mass is 15.0. The third kappa shape index (κ3) is 2.58. The molecule has 0 amide bonds. The molecular formula is C17H19N3. The van der Waals surface area contributed by atoms with Crippen LogP contribution in [0.15, 0.2) is 54.9 Å². The van der Waals surface area contributed by atoms with Crippen LogP contribution < -0.4 is 5.73 Å². The Labute approximate surface area is 119 Å². The van der Waals surface area contributed by atoms with E-state index in [1.54, 1.807) is 0 Å². The van der Waals surface area contributed by atoms with Crippen LogP contribution in [0.5, 0.6) is 0 Å². The fraction of sp³-hybridized carbons (Fsp3) is 0.235. The maximum absolute atomic E-state index is 6.32. The number of nitrogens with zero attached hydrogens (tertiary/aromatic N) is 2. The Hall–Kier alpha value is -2.13. The Morgan fingerprint density at radius 1 is 1.15 bits per heavy atom. The summed E-state index contributed by atoms with van der Waals surface area (Å²) in [6.45, 7) is 0. The predicted molar refractivity (Wildman–Crippen MR) is 82.4 cm³/mol. The van der Waals surface area contributed by atoms with E-state index in [1.807, 2.05) is 24.0 Å². The van der Waals surface area contributed by atoms with E-state index in [4.69, 9.17) is 5.73 Å². The highest BCUT2D eigenvalue weighted by Gasteiger charge is 2.08. The summed E-state index contributed by atoms with van der Waals surface area (Å²) in [7, 11) is 2.02. The third-order valence-corrected chi connectivity index (χ3v) is 3.80. The average Bonchev–Trinajstić information content (AvgIpc) is 2.89. The minimum absolute atomic E-state index is 0.0521. The molecule has 20 heavy (non-hydrogen) atoms. The lowest BCUT2D eigenvalue weighted by Crippen LogP contribution is -2.12. The third-order valence-electron chi connectivity index (χ3n) is 3.80. The van der Waals surface area contributed by atoms with Gasteiger partial charge in [0.1, 0.15) is 5.82 Å². The quantitative estimate of drug-likeness (QED) is 0.787. The van der Waals surface area contributed by atoms with Crippen molar-refractivity contribution in [1.29, 1.82) is 0 Å². The highest BCUT2D eigenvalue weighted by molar-refractivity contribution is 5.83. The van der Waals surface area contributed by atoms with Gasteiger partial charge >= 0.3 is 0 Å². The van der Waals surface area contributed by atoms with E-state index < -0.39 is 0 Å². The minimum atomic E-state index is 0.0521. The normalized spacial score (nSPS) is 12.7. The van der Waals surface area contributed by atoms with Crippen LogP contribution in [-0.2, 0) is 13.5 Å². The van der Waals surface area contributed by atoms with Gasteiger partial charge in [-0.15, -0.1) is 0 Å². The minimum Gasteiger partial charge on any atom is -0.338 e. The number of rotatable bonds is 4. The molecule has 0 saturated carbocycles. The van der Waals surface area contributed by atoms with Crippen LogP contribution in [0.4, 0.5) is 0 Å². The molecular weight excluding hydrogens is 246 g/mol. The van der Waals surface area contributed by atoms with Crippen molar-refractivity contribution in [2.24, 2.45) is 12.8 Å². The number of fused-ring (bicyclic) bond motifs is 1. The van der Waals surface area contributed by atoms with Gasteiger partial charge in [0.25, 0.3) is 0 Å². The Morgan fingerprint density at radius 2 is 1.95 bits per heavy atom. The van der Waals surface area contributed by atoms with Gasteiger partial charge < -0.3 is 10.3 Å². The van der Waals surface area contributed by atoms with Crippen LogP contribution in [0.3, 0.4) is 0 Å². The number of hydrogen-bond donors (Lipinski definition) is 1.